The Bertz CT molecular complexity index is 784. The molecule has 0 spiro atoms. The molecular formula is C24H32N2OS. The summed E-state index contributed by atoms with van der Waals surface area (Å²) in [5.41, 5.74) is 2.41. The first-order chi connectivity index (χ1) is 13.5. The molecular weight excluding hydrogens is 364 g/mol. The smallest absolute Gasteiger partial charge is 0.243 e. The van der Waals surface area contributed by atoms with Crippen LogP contribution in [0.2, 0.25) is 0 Å². The average Bonchev–Trinajstić information content (AvgIpc) is 2.67. The number of carbonyl (C=O) groups is 1. The molecule has 150 valence electrons. The molecule has 4 heteroatoms. The summed E-state index contributed by atoms with van der Waals surface area (Å²) >= 11 is 1.76. The Morgan fingerprint density at radius 3 is 2.43 bits per heavy atom. The van der Waals surface area contributed by atoms with Gasteiger partial charge in [0, 0.05) is 22.4 Å². The molecule has 0 aliphatic rings. The van der Waals surface area contributed by atoms with Gasteiger partial charge in [-0.25, -0.2) is 0 Å². The van der Waals surface area contributed by atoms with Crippen LogP contribution in [0.15, 0.2) is 64.4 Å². The molecule has 2 aromatic rings. The van der Waals surface area contributed by atoms with Crippen molar-refractivity contribution in [3.05, 3.63) is 65.7 Å². The van der Waals surface area contributed by atoms with Crippen LogP contribution in [0.3, 0.4) is 0 Å². The molecule has 3 nitrogen and oxygen atoms in total. The molecule has 0 unspecified atom stereocenters. The maximum atomic E-state index is 12.1. The van der Waals surface area contributed by atoms with E-state index in [1.807, 2.05) is 18.2 Å². The fourth-order valence-electron chi connectivity index (χ4n) is 2.87. The molecule has 28 heavy (non-hydrogen) atoms. The molecule has 0 saturated carbocycles. The van der Waals surface area contributed by atoms with Crippen LogP contribution in [0.5, 0.6) is 0 Å². The van der Waals surface area contributed by atoms with Gasteiger partial charge < -0.3 is 10.2 Å². The van der Waals surface area contributed by atoms with Crippen molar-refractivity contribution >= 4 is 23.7 Å². The summed E-state index contributed by atoms with van der Waals surface area (Å²) in [5.74, 6) is 0.442. The Morgan fingerprint density at radius 1 is 1.04 bits per heavy atom. The van der Waals surface area contributed by atoms with Gasteiger partial charge in [-0.2, -0.15) is 0 Å². The van der Waals surface area contributed by atoms with Gasteiger partial charge in [0.25, 0.3) is 0 Å². The second-order valence-corrected chi connectivity index (χ2v) is 8.55. The number of hydrogen-bond donors (Lipinski definition) is 1. The SMILES string of the molecule is CC(C)c1ccccc1Sc1ccccc1/C=C/C(=O)NCCCCN(C)C. The lowest BCUT2D eigenvalue weighted by Crippen LogP contribution is -2.23. The van der Waals surface area contributed by atoms with Gasteiger partial charge in [-0.1, -0.05) is 62.0 Å². The molecule has 0 atom stereocenters. The Morgan fingerprint density at radius 2 is 1.71 bits per heavy atom. The first-order valence-corrected chi connectivity index (χ1v) is 10.8. The van der Waals surface area contributed by atoms with E-state index in [1.54, 1.807) is 17.8 Å². The average molecular weight is 397 g/mol. The van der Waals surface area contributed by atoms with E-state index in [0.717, 1.165) is 36.4 Å². The third-order valence-electron chi connectivity index (χ3n) is 4.43. The van der Waals surface area contributed by atoms with E-state index in [9.17, 15) is 4.79 Å². The topological polar surface area (TPSA) is 32.3 Å². The summed E-state index contributed by atoms with van der Waals surface area (Å²) in [6.45, 7) is 6.20. The molecule has 0 bridgehead atoms. The molecule has 0 heterocycles. The van der Waals surface area contributed by atoms with Gasteiger partial charge in [0.15, 0.2) is 0 Å². The first kappa shape index (κ1) is 22.3. The second-order valence-electron chi connectivity index (χ2n) is 7.47. The van der Waals surface area contributed by atoms with Gasteiger partial charge in [0.05, 0.1) is 0 Å². The van der Waals surface area contributed by atoms with Crippen LogP contribution in [0.4, 0.5) is 0 Å². The van der Waals surface area contributed by atoms with E-state index in [2.05, 4.69) is 74.6 Å². The minimum atomic E-state index is -0.0350. The third kappa shape index (κ3) is 7.53. The highest BCUT2D eigenvalue weighted by Crippen LogP contribution is 2.35. The molecule has 0 aromatic heterocycles. The molecule has 2 rings (SSSR count). The predicted octanol–water partition coefficient (Wildman–Crippen LogP) is 5.43. The van der Waals surface area contributed by atoms with Crippen molar-refractivity contribution in [3.63, 3.8) is 0 Å². The number of carbonyl (C=O) groups excluding carboxylic acids is 1. The third-order valence-corrected chi connectivity index (χ3v) is 5.61. The summed E-state index contributed by atoms with van der Waals surface area (Å²) in [7, 11) is 4.13. The van der Waals surface area contributed by atoms with Gasteiger partial charge in [0.1, 0.15) is 0 Å². The van der Waals surface area contributed by atoms with Crippen LogP contribution < -0.4 is 5.32 Å². The standard InChI is InChI=1S/C24H32N2OS/c1-19(2)21-12-6-8-14-23(21)28-22-13-7-5-11-20(22)15-16-24(27)25-17-9-10-18-26(3)4/h5-8,11-16,19H,9-10,17-18H2,1-4H3,(H,25,27)/b16-15+. The van der Waals surface area contributed by atoms with Crippen molar-refractivity contribution in [2.45, 2.75) is 42.4 Å². The van der Waals surface area contributed by atoms with E-state index in [-0.39, 0.29) is 5.91 Å². The van der Waals surface area contributed by atoms with Crippen molar-refractivity contribution < 1.29 is 4.79 Å². The zero-order valence-corrected chi connectivity index (χ0v) is 18.3. The fourth-order valence-corrected chi connectivity index (χ4v) is 4.07. The Hall–Kier alpha value is -2.04. The number of unbranched alkanes of at least 4 members (excludes halogenated alkanes) is 1. The molecule has 0 aliphatic carbocycles. The highest BCUT2D eigenvalue weighted by molar-refractivity contribution is 7.99. The largest absolute Gasteiger partial charge is 0.353 e. The van der Waals surface area contributed by atoms with E-state index < -0.39 is 0 Å². The number of benzene rings is 2. The predicted molar refractivity (Wildman–Crippen MR) is 121 cm³/mol. The molecule has 0 fully saturated rings. The fraction of sp³-hybridized carbons (Fsp3) is 0.375. The second kappa shape index (κ2) is 11.7. The van der Waals surface area contributed by atoms with Crippen LogP contribution in [-0.2, 0) is 4.79 Å². The molecule has 1 N–H and O–H groups in total. The number of rotatable bonds is 10. The molecule has 1 amide bonds. The van der Waals surface area contributed by atoms with Gasteiger partial charge >= 0.3 is 0 Å². The summed E-state index contributed by atoms with van der Waals surface area (Å²) in [5, 5.41) is 2.97. The number of hydrogen-bond acceptors (Lipinski definition) is 3. The van der Waals surface area contributed by atoms with Crippen LogP contribution in [0.1, 0.15) is 43.7 Å². The first-order valence-electron chi connectivity index (χ1n) is 9.94. The number of nitrogens with zero attached hydrogens (tertiary/aromatic N) is 1. The Labute approximate surface area is 174 Å². The molecule has 2 aromatic carbocycles. The van der Waals surface area contributed by atoms with E-state index >= 15 is 0 Å². The van der Waals surface area contributed by atoms with Gasteiger partial charge in [-0.15, -0.1) is 0 Å². The van der Waals surface area contributed by atoms with Crippen molar-refractivity contribution in [3.8, 4) is 0 Å². The normalized spacial score (nSPS) is 11.5. The van der Waals surface area contributed by atoms with Crippen molar-refractivity contribution in [1.82, 2.24) is 10.2 Å². The highest BCUT2D eigenvalue weighted by Gasteiger charge is 2.09. The van der Waals surface area contributed by atoms with Gasteiger partial charge in [-0.3, -0.25) is 4.79 Å². The Balaban J connectivity index is 1.98. The molecule has 0 radical (unpaired) electrons. The summed E-state index contributed by atoms with van der Waals surface area (Å²) < 4.78 is 0. The number of nitrogens with one attached hydrogen (secondary N) is 1. The lowest BCUT2D eigenvalue weighted by molar-refractivity contribution is -0.116. The van der Waals surface area contributed by atoms with Gasteiger partial charge in [0.2, 0.25) is 5.91 Å². The van der Waals surface area contributed by atoms with Crippen molar-refractivity contribution in [2.75, 3.05) is 27.2 Å². The quantitative estimate of drug-likeness (QED) is 0.429. The summed E-state index contributed by atoms with van der Waals surface area (Å²) in [4.78, 5) is 16.7. The van der Waals surface area contributed by atoms with Crippen molar-refractivity contribution in [2.24, 2.45) is 0 Å². The van der Waals surface area contributed by atoms with E-state index in [0.29, 0.717) is 5.92 Å². The minimum Gasteiger partial charge on any atom is -0.353 e. The highest BCUT2D eigenvalue weighted by atomic mass is 32.2. The lowest BCUT2D eigenvalue weighted by atomic mass is 10.0. The van der Waals surface area contributed by atoms with Crippen LogP contribution in [-0.4, -0.2) is 38.0 Å². The van der Waals surface area contributed by atoms with Crippen LogP contribution in [0, 0.1) is 0 Å². The lowest BCUT2D eigenvalue weighted by Gasteiger charge is -2.13. The summed E-state index contributed by atoms with van der Waals surface area (Å²) in [6, 6.07) is 16.8. The maximum absolute atomic E-state index is 12.1. The molecule has 0 saturated heterocycles. The monoisotopic (exact) mass is 396 g/mol. The van der Waals surface area contributed by atoms with Crippen LogP contribution in [0.25, 0.3) is 6.08 Å². The van der Waals surface area contributed by atoms with E-state index in [1.165, 1.54) is 10.5 Å². The van der Waals surface area contributed by atoms with Crippen molar-refractivity contribution in [1.29, 1.82) is 0 Å². The zero-order valence-electron chi connectivity index (χ0n) is 17.4. The maximum Gasteiger partial charge on any atom is 0.243 e. The van der Waals surface area contributed by atoms with Gasteiger partial charge in [-0.05, 0) is 68.7 Å². The summed E-state index contributed by atoms with van der Waals surface area (Å²) in [6.07, 6.45) is 5.64. The van der Waals surface area contributed by atoms with Crippen LogP contribution >= 0.6 is 11.8 Å². The minimum absolute atomic E-state index is 0.0350. The Kier molecular flexibility index (Phi) is 9.32. The molecule has 0 aliphatic heterocycles. The van der Waals surface area contributed by atoms with E-state index in [4.69, 9.17) is 0 Å². The zero-order chi connectivity index (χ0) is 20.4. The number of amides is 1.